The van der Waals surface area contributed by atoms with Gasteiger partial charge in [0.1, 0.15) is 0 Å². The third-order valence-corrected chi connectivity index (χ3v) is 7.08. The Hall–Kier alpha value is -1.96. The lowest BCUT2D eigenvalue weighted by Crippen LogP contribution is -2.21. The fourth-order valence-corrected chi connectivity index (χ4v) is 3.81. The Labute approximate surface area is 177 Å². The second-order valence-electron chi connectivity index (χ2n) is 10.4. The van der Waals surface area contributed by atoms with E-state index in [1.54, 1.807) is 19.1 Å². The molecule has 1 atom stereocenters. The van der Waals surface area contributed by atoms with Crippen molar-refractivity contribution in [1.29, 1.82) is 0 Å². The summed E-state index contributed by atoms with van der Waals surface area (Å²) in [7, 11) is 0. The molecule has 1 unspecified atom stereocenters. The normalized spacial score (nSPS) is 16.9. The zero-order valence-corrected chi connectivity index (χ0v) is 19.6. The van der Waals surface area contributed by atoms with Crippen LogP contribution in [0.4, 0.5) is 0 Å². The zero-order valence-electron chi connectivity index (χ0n) is 19.6. The first-order valence-electron chi connectivity index (χ1n) is 10.9. The first-order chi connectivity index (χ1) is 13.4. The van der Waals surface area contributed by atoms with Crippen LogP contribution in [0.5, 0.6) is 0 Å². The summed E-state index contributed by atoms with van der Waals surface area (Å²) in [6.45, 7) is 17.8. The van der Waals surface area contributed by atoms with Gasteiger partial charge in [-0.2, -0.15) is 0 Å². The van der Waals surface area contributed by atoms with E-state index in [1.807, 2.05) is 12.1 Å². The molecule has 1 aromatic rings. The summed E-state index contributed by atoms with van der Waals surface area (Å²) >= 11 is 0. The molecule has 0 N–H and O–H groups in total. The van der Waals surface area contributed by atoms with Gasteiger partial charge in [-0.25, -0.2) is 0 Å². The SMILES string of the molecule is CC1=C(C/C=C(\C)C(C)(C)CCCC(C)C(C)(C)C)C(=O)c2ccccc2C1=O. The highest BCUT2D eigenvalue weighted by molar-refractivity contribution is 6.26. The molecule has 1 aliphatic rings. The molecule has 29 heavy (non-hydrogen) atoms. The number of allylic oxidation sites excluding steroid dienone is 4. The van der Waals surface area contributed by atoms with Crippen molar-refractivity contribution in [3.8, 4) is 0 Å². The van der Waals surface area contributed by atoms with E-state index in [9.17, 15) is 9.59 Å². The van der Waals surface area contributed by atoms with Crippen LogP contribution in [-0.4, -0.2) is 11.6 Å². The summed E-state index contributed by atoms with van der Waals surface area (Å²) in [4.78, 5) is 25.6. The Morgan fingerprint density at radius 3 is 2.10 bits per heavy atom. The molecule has 0 saturated heterocycles. The van der Waals surface area contributed by atoms with Gasteiger partial charge in [-0.3, -0.25) is 9.59 Å². The van der Waals surface area contributed by atoms with Crippen molar-refractivity contribution in [3.63, 3.8) is 0 Å². The van der Waals surface area contributed by atoms with Crippen molar-refractivity contribution in [2.45, 2.75) is 81.1 Å². The maximum absolute atomic E-state index is 12.9. The highest BCUT2D eigenvalue weighted by atomic mass is 16.1. The monoisotopic (exact) mass is 394 g/mol. The van der Waals surface area contributed by atoms with E-state index in [-0.39, 0.29) is 17.0 Å². The molecule has 2 nitrogen and oxygen atoms in total. The highest BCUT2D eigenvalue weighted by Crippen LogP contribution is 2.36. The van der Waals surface area contributed by atoms with Crippen LogP contribution in [0.3, 0.4) is 0 Å². The predicted octanol–water partition coefficient (Wildman–Crippen LogP) is 7.60. The van der Waals surface area contributed by atoms with Gasteiger partial charge >= 0.3 is 0 Å². The van der Waals surface area contributed by atoms with Gasteiger partial charge in [0.05, 0.1) is 0 Å². The molecule has 0 saturated carbocycles. The molecule has 2 heteroatoms. The Balaban J connectivity index is 2.09. The number of hydrogen-bond donors (Lipinski definition) is 0. The summed E-state index contributed by atoms with van der Waals surface area (Å²) in [5.41, 5.74) is 4.04. The average Bonchev–Trinajstić information content (AvgIpc) is 2.65. The molecule has 0 bridgehead atoms. The van der Waals surface area contributed by atoms with Crippen LogP contribution >= 0.6 is 0 Å². The number of carbonyl (C=O) groups is 2. The fourth-order valence-electron chi connectivity index (χ4n) is 3.81. The number of hydrogen-bond acceptors (Lipinski definition) is 2. The van der Waals surface area contributed by atoms with Gasteiger partial charge in [0.15, 0.2) is 11.6 Å². The standard InChI is InChI=1S/C27H38O2/c1-18(26(4,5)6)12-11-17-27(7,8)19(2)15-16-21-20(3)24(28)22-13-9-10-14-23(22)25(21)29/h9-10,13-15,18H,11-12,16-17H2,1-8H3/b19-15+. The van der Waals surface area contributed by atoms with Crippen LogP contribution in [-0.2, 0) is 0 Å². The summed E-state index contributed by atoms with van der Waals surface area (Å²) in [6.07, 6.45) is 6.24. The van der Waals surface area contributed by atoms with Crippen molar-refractivity contribution in [1.82, 2.24) is 0 Å². The van der Waals surface area contributed by atoms with Gasteiger partial charge in [-0.05, 0) is 43.4 Å². The van der Waals surface area contributed by atoms with E-state index in [4.69, 9.17) is 0 Å². The van der Waals surface area contributed by atoms with Crippen LogP contribution in [0.15, 0.2) is 47.1 Å². The molecular weight excluding hydrogens is 356 g/mol. The fraction of sp³-hybridized carbons (Fsp3) is 0.556. The van der Waals surface area contributed by atoms with E-state index >= 15 is 0 Å². The molecule has 158 valence electrons. The number of carbonyl (C=O) groups excluding carboxylic acids is 2. The third-order valence-electron chi connectivity index (χ3n) is 7.08. The largest absolute Gasteiger partial charge is 0.289 e. The summed E-state index contributed by atoms with van der Waals surface area (Å²) in [6, 6.07) is 7.15. The molecule has 1 aliphatic carbocycles. The molecule has 0 aromatic heterocycles. The maximum atomic E-state index is 12.9. The number of benzene rings is 1. The molecule has 0 aliphatic heterocycles. The quantitative estimate of drug-likeness (QED) is 0.446. The Morgan fingerprint density at radius 1 is 1.00 bits per heavy atom. The summed E-state index contributed by atoms with van der Waals surface area (Å²) < 4.78 is 0. The Kier molecular flexibility index (Phi) is 7.09. The Bertz CT molecular complexity index is 844. The molecule has 0 radical (unpaired) electrons. The highest BCUT2D eigenvalue weighted by Gasteiger charge is 2.29. The maximum Gasteiger partial charge on any atom is 0.190 e. The van der Waals surface area contributed by atoms with Gasteiger partial charge < -0.3 is 0 Å². The van der Waals surface area contributed by atoms with Gasteiger partial charge in [0, 0.05) is 22.3 Å². The van der Waals surface area contributed by atoms with E-state index in [0.717, 1.165) is 6.42 Å². The van der Waals surface area contributed by atoms with Crippen LogP contribution in [0.25, 0.3) is 0 Å². The van der Waals surface area contributed by atoms with Crippen LogP contribution in [0.2, 0.25) is 0 Å². The van der Waals surface area contributed by atoms with Crippen LogP contribution in [0, 0.1) is 16.7 Å². The average molecular weight is 395 g/mol. The minimum absolute atomic E-state index is 0.00134. The van der Waals surface area contributed by atoms with Crippen molar-refractivity contribution in [2.24, 2.45) is 16.7 Å². The molecule has 0 heterocycles. The molecule has 1 aromatic carbocycles. The lowest BCUT2D eigenvalue weighted by atomic mass is 9.75. The summed E-state index contributed by atoms with van der Waals surface area (Å²) in [5.74, 6) is 0.677. The molecule has 0 amide bonds. The molecular formula is C27H38O2. The van der Waals surface area contributed by atoms with E-state index < -0.39 is 0 Å². The van der Waals surface area contributed by atoms with Crippen LogP contribution in [0.1, 0.15) is 102 Å². The number of Topliss-reactive ketones (excluding diaryl/α,β-unsaturated/α-hetero) is 2. The third kappa shape index (κ3) is 5.35. The minimum Gasteiger partial charge on any atom is -0.289 e. The molecule has 0 spiro atoms. The van der Waals surface area contributed by atoms with Gasteiger partial charge in [-0.1, -0.05) is 90.3 Å². The number of rotatable bonds is 7. The predicted molar refractivity (Wildman–Crippen MR) is 122 cm³/mol. The van der Waals surface area contributed by atoms with Crippen molar-refractivity contribution in [2.75, 3.05) is 0 Å². The second kappa shape index (κ2) is 8.81. The zero-order chi connectivity index (χ0) is 22.0. The van der Waals surface area contributed by atoms with E-state index in [2.05, 4.69) is 54.5 Å². The number of ketones is 2. The lowest BCUT2D eigenvalue weighted by Gasteiger charge is -2.30. The van der Waals surface area contributed by atoms with Gasteiger partial charge in [0.25, 0.3) is 0 Å². The first kappa shape index (κ1) is 23.3. The molecule has 0 fully saturated rings. The number of fused-ring (bicyclic) bond motifs is 1. The van der Waals surface area contributed by atoms with Crippen molar-refractivity contribution < 1.29 is 9.59 Å². The van der Waals surface area contributed by atoms with E-state index in [0.29, 0.717) is 40.0 Å². The first-order valence-corrected chi connectivity index (χ1v) is 10.9. The Morgan fingerprint density at radius 2 is 1.55 bits per heavy atom. The van der Waals surface area contributed by atoms with Crippen LogP contribution < -0.4 is 0 Å². The summed E-state index contributed by atoms with van der Waals surface area (Å²) in [5, 5.41) is 0. The minimum atomic E-state index is -0.0170. The van der Waals surface area contributed by atoms with Gasteiger partial charge in [-0.15, -0.1) is 0 Å². The topological polar surface area (TPSA) is 34.1 Å². The van der Waals surface area contributed by atoms with Crippen molar-refractivity contribution in [3.05, 3.63) is 58.2 Å². The lowest BCUT2D eigenvalue weighted by molar-refractivity contribution is 0.0973. The molecule has 2 rings (SSSR count). The van der Waals surface area contributed by atoms with Gasteiger partial charge in [0.2, 0.25) is 0 Å². The smallest absolute Gasteiger partial charge is 0.190 e. The van der Waals surface area contributed by atoms with Crippen molar-refractivity contribution >= 4 is 11.6 Å². The van der Waals surface area contributed by atoms with E-state index in [1.165, 1.54) is 18.4 Å². The second-order valence-corrected chi connectivity index (χ2v) is 10.4.